The van der Waals surface area contributed by atoms with E-state index in [4.69, 9.17) is 4.74 Å². The molecule has 1 N–H and O–H groups in total. The Labute approximate surface area is 178 Å². The van der Waals surface area contributed by atoms with E-state index in [1.807, 2.05) is 0 Å². The number of amides is 1. The van der Waals surface area contributed by atoms with Gasteiger partial charge >= 0.3 is 0 Å². The van der Waals surface area contributed by atoms with Gasteiger partial charge < -0.3 is 14.6 Å². The lowest BCUT2D eigenvalue weighted by Gasteiger charge is -2.08. The number of aromatic nitrogens is 1. The summed E-state index contributed by atoms with van der Waals surface area (Å²) >= 11 is 0. The van der Waals surface area contributed by atoms with Crippen LogP contribution < -0.4 is 10.1 Å². The van der Waals surface area contributed by atoms with Gasteiger partial charge in [0.05, 0.1) is 16.9 Å². The van der Waals surface area contributed by atoms with Crippen LogP contribution in [0.4, 0.5) is 10.1 Å². The van der Waals surface area contributed by atoms with E-state index >= 15 is 0 Å². The molecule has 0 fully saturated rings. The van der Waals surface area contributed by atoms with Crippen LogP contribution in [-0.4, -0.2) is 26.0 Å². The molecule has 0 radical (unpaired) electrons. The average molecular weight is 438 g/mol. The molecule has 8 heteroatoms. The second kappa shape index (κ2) is 8.23. The predicted molar refractivity (Wildman–Crippen MR) is 115 cm³/mol. The fourth-order valence-electron chi connectivity index (χ4n) is 3.35. The molecule has 3 aromatic carbocycles. The molecule has 0 spiro atoms. The van der Waals surface area contributed by atoms with Crippen LogP contribution >= 0.6 is 0 Å². The number of hydrogen-bond donors (Lipinski definition) is 1. The lowest BCUT2D eigenvalue weighted by molar-refractivity contribution is -0.116. The van der Waals surface area contributed by atoms with Gasteiger partial charge in [-0.3, -0.25) is 4.79 Å². The van der Waals surface area contributed by atoms with E-state index in [-0.39, 0.29) is 22.2 Å². The molecule has 0 atom stereocenters. The van der Waals surface area contributed by atoms with Crippen molar-refractivity contribution in [3.63, 3.8) is 0 Å². The maximum atomic E-state index is 13.3. The molecule has 0 unspecified atom stereocenters. The highest BCUT2D eigenvalue weighted by Gasteiger charge is 2.24. The van der Waals surface area contributed by atoms with E-state index in [0.717, 1.165) is 12.1 Å². The third-order valence-electron chi connectivity index (χ3n) is 4.83. The summed E-state index contributed by atoms with van der Waals surface area (Å²) in [4.78, 5) is 12.7. The largest absolute Gasteiger partial charge is 0.497 e. The van der Waals surface area contributed by atoms with Crippen molar-refractivity contribution in [2.45, 2.75) is 16.3 Å². The Kier molecular flexibility index (Phi) is 5.48. The van der Waals surface area contributed by atoms with Gasteiger partial charge in [0.2, 0.25) is 15.7 Å². The van der Waals surface area contributed by atoms with Crippen molar-refractivity contribution in [3.8, 4) is 5.75 Å². The molecule has 31 heavy (non-hydrogen) atoms. The highest BCUT2D eigenvalue weighted by Crippen LogP contribution is 2.30. The van der Waals surface area contributed by atoms with Crippen LogP contribution in [0.25, 0.3) is 10.9 Å². The predicted octanol–water partition coefficient (Wildman–Crippen LogP) is 4.26. The van der Waals surface area contributed by atoms with Gasteiger partial charge in [-0.25, -0.2) is 12.8 Å². The minimum absolute atomic E-state index is 0.0161. The van der Waals surface area contributed by atoms with E-state index in [2.05, 4.69) is 5.32 Å². The zero-order valence-electron chi connectivity index (χ0n) is 16.6. The van der Waals surface area contributed by atoms with Crippen LogP contribution in [0, 0.1) is 5.82 Å². The van der Waals surface area contributed by atoms with Gasteiger partial charge in [-0.1, -0.05) is 24.3 Å². The molecule has 158 valence electrons. The third kappa shape index (κ3) is 4.15. The van der Waals surface area contributed by atoms with Crippen LogP contribution in [0.15, 0.2) is 88.8 Å². The fraction of sp³-hybridized carbons (Fsp3) is 0.0870. The molecule has 0 saturated carbocycles. The van der Waals surface area contributed by atoms with E-state index in [1.54, 1.807) is 53.1 Å². The Balaban J connectivity index is 1.68. The van der Waals surface area contributed by atoms with Crippen molar-refractivity contribution in [2.24, 2.45) is 0 Å². The summed E-state index contributed by atoms with van der Waals surface area (Å²) in [6, 6.07) is 18.5. The van der Waals surface area contributed by atoms with Crippen molar-refractivity contribution < 1.29 is 22.3 Å². The summed E-state index contributed by atoms with van der Waals surface area (Å²) < 4.78 is 46.3. The van der Waals surface area contributed by atoms with Crippen LogP contribution in [0.3, 0.4) is 0 Å². The molecule has 4 aromatic rings. The molecular weight excluding hydrogens is 419 g/mol. The van der Waals surface area contributed by atoms with Crippen molar-refractivity contribution >= 4 is 32.3 Å². The maximum Gasteiger partial charge on any atom is 0.244 e. The second-order valence-corrected chi connectivity index (χ2v) is 8.79. The number of nitrogens with zero attached hydrogens (tertiary/aromatic N) is 1. The second-order valence-electron chi connectivity index (χ2n) is 6.88. The topological polar surface area (TPSA) is 77.4 Å². The van der Waals surface area contributed by atoms with Crippen LogP contribution in [0.2, 0.25) is 0 Å². The number of sulfone groups is 1. The number of fused-ring (bicyclic) bond motifs is 1. The van der Waals surface area contributed by atoms with Gasteiger partial charge in [0.25, 0.3) is 0 Å². The SMILES string of the molecule is COc1cccc(NC(=O)Cn2cc(S(=O)(=O)c3ccc(F)cc3)c3ccccc32)c1. The molecule has 0 saturated heterocycles. The first-order chi connectivity index (χ1) is 14.9. The smallest absolute Gasteiger partial charge is 0.244 e. The minimum Gasteiger partial charge on any atom is -0.497 e. The fourth-order valence-corrected chi connectivity index (χ4v) is 4.83. The first-order valence-corrected chi connectivity index (χ1v) is 10.9. The van der Waals surface area contributed by atoms with Crippen LogP contribution in [0.5, 0.6) is 5.75 Å². The number of nitrogens with one attached hydrogen (secondary N) is 1. The van der Waals surface area contributed by atoms with Gasteiger partial charge in [0.1, 0.15) is 18.1 Å². The summed E-state index contributed by atoms with van der Waals surface area (Å²) in [6.07, 6.45) is 1.44. The number of hydrogen-bond acceptors (Lipinski definition) is 4. The standard InChI is InChI=1S/C23H19FN2O4S/c1-30-18-6-4-5-17(13-18)25-23(27)15-26-14-22(20-7-2-3-8-21(20)26)31(28,29)19-11-9-16(24)10-12-19/h2-14H,15H2,1H3,(H,25,27). The van der Waals surface area contributed by atoms with E-state index < -0.39 is 15.7 Å². The first-order valence-electron chi connectivity index (χ1n) is 9.41. The molecule has 1 amide bonds. The highest BCUT2D eigenvalue weighted by atomic mass is 32.2. The lowest BCUT2D eigenvalue weighted by Crippen LogP contribution is -2.18. The molecule has 1 heterocycles. The maximum absolute atomic E-state index is 13.3. The summed E-state index contributed by atoms with van der Waals surface area (Å²) in [5.41, 5.74) is 1.17. The van der Waals surface area contributed by atoms with Crippen LogP contribution in [-0.2, 0) is 21.2 Å². The summed E-state index contributed by atoms with van der Waals surface area (Å²) in [6.45, 7) is -0.0866. The average Bonchev–Trinajstić information content (AvgIpc) is 3.13. The van der Waals surface area contributed by atoms with E-state index in [9.17, 15) is 17.6 Å². The van der Waals surface area contributed by atoms with Gasteiger partial charge in [0, 0.05) is 28.9 Å². The number of anilines is 1. The van der Waals surface area contributed by atoms with Gasteiger partial charge in [0.15, 0.2) is 0 Å². The molecule has 0 aliphatic heterocycles. The summed E-state index contributed by atoms with van der Waals surface area (Å²) in [7, 11) is -2.36. The van der Waals surface area contributed by atoms with Crippen LogP contribution in [0.1, 0.15) is 0 Å². The number of halogens is 1. The molecule has 4 rings (SSSR count). The minimum atomic E-state index is -3.90. The normalized spacial score (nSPS) is 11.4. The molecule has 1 aromatic heterocycles. The molecule has 0 aliphatic rings. The monoisotopic (exact) mass is 438 g/mol. The first kappa shape index (κ1) is 20.6. The van der Waals surface area contributed by atoms with Crippen molar-refractivity contribution in [2.75, 3.05) is 12.4 Å². The molecule has 6 nitrogen and oxygen atoms in total. The number of rotatable bonds is 6. The number of para-hydroxylation sites is 1. The van der Waals surface area contributed by atoms with E-state index in [0.29, 0.717) is 22.3 Å². The van der Waals surface area contributed by atoms with E-state index in [1.165, 1.54) is 25.4 Å². The number of ether oxygens (including phenoxy) is 1. The highest BCUT2D eigenvalue weighted by molar-refractivity contribution is 7.91. The quantitative estimate of drug-likeness (QED) is 0.457. The lowest BCUT2D eigenvalue weighted by atomic mass is 10.2. The zero-order chi connectivity index (χ0) is 22.0. The molecular formula is C23H19FN2O4S. The Morgan fingerprint density at radius 3 is 2.52 bits per heavy atom. The number of carbonyl (C=O) groups excluding carboxylic acids is 1. The summed E-state index contributed by atoms with van der Waals surface area (Å²) in [5.74, 6) is -0.229. The van der Waals surface area contributed by atoms with Crippen molar-refractivity contribution in [3.05, 3.63) is 84.8 Å². The zero-order valence-corrected chi connectivity index (χ0v) is 17.4. The number of methoxy groups -OCH3 is 1. The Morgan fingerprint density at radius 1 is 1.03 bits per heavy atom. The Morgan fingerprint density at radius 2 is 1.77 bits per heavy atom. The van der Waals surface area contributed by atoms with Gasteiger partial charge in [-0.05, 0) is 42.5 Å². The van der Waals surface area contributed by atoms with Gasteiger partial charge in [-0.2, -0.15) is 0 Å². The van der Waals surface area contributed by atoms with Crippen molar-refractivity contribution in [1.29, 1.82) is 0 Å². The molecule has 0 aliphatic carbocycles. The number of benzene rings is 3. The Hall–Kier alpha value is -3.65. The third-order valence-corrected chi connectivity index (χ3v) is 6.63. The number of carbonyl (C=O) groups is 1. The molecule has 0 bridgehead atoms. The Bertz CT molecular complexity index is 1360. The van der Waals surface area contributed by atoms with Gasteiger partial charge in [-0.15, -0.1) is 0 Å². The summed E-state index contributed by atoms with van der Waals surface area (Å²) in [5, 5.41) is 3.27. The van der Waals surface area contributed by atoms with Crippen molar-refractivity contribution in [1.82, 2.24) is 4.57 Å².